The van der Waals surface area contributed by atoms with Crippen LogP contribution in [-0.4, -0.2) is 9.38 Å². The zero-order valence-electron chi connectivity index (χ0n) is 9.45. The van der Waals surface area contributed by atoms with Gasteiger partial charge >= 0.3 is 0 Å². The predicted octanol–water partition coefficient (Wildman–Crippen LogP) is 3.57. The van der Waals surface area contributed by atoms with Gasteiger partial charge in [0.05, 0.1) is 0 Å². The molecule has 0 bridgehead atoms. The van der Waals surface area contributed by atoms with E-state index in [1.54, 1.807) is 0 Å². The molecule has 0 atom stereocenters. The second kappa shape index (κ2) is 4.55. The number of thiocyanates is 1. The molecule has 0 unspecified atom stereocenters. The smallest absolute Gasteiger partial charge is 0.140 e. The van der Waals surface area contributed by atoms with Crippen molar-refractivity contribution in [2.24, 2.45) is 0 Å². The molecule has 0 saturated heterocycles. The minimum Gasteiger partial charge on any atom is -0.293 e. The summed E-state index contributed by atoms with van der Waals surface area (Å²) >= 11 is 1.14. The quantitative estimate of drug-likeness (QED) is 0.516. The van der Waals surface area contributed by atoms with Gasteiger partial charge in [0.1, 0.15) is 21.8 Å². The van der Waals surface area contributed by atoms with Crippen LogP contribution in [0.15, 0.2) is 59.8 Å². The number of benzene rings is 1. The second-order valence-corrected chi connectivity index (χ2v) is 4.53. The Balaban J connectivity index is 2.29. The molecule has 0 N–H and O–H groups in total. The summed E-state index contributed by atoms with van der Waals surface area (Å²) in [5.41, 5.74) is 2.74. The fourth-order valence-electron chi connectivity index (χ4n) is 1.90. The molecule has 0 spiro atoms. The maximum Gasteiger partial charge on any atom is 0.140 e. The first-order chi connectivity index (χ1) is 8.90. The number of imidazole rings is 1. The minimum atomic E-state index is 0.855. The molecule has 86 valence electrons. The van der Waals surface area contributed by atoms with Crippen LogP contribution in [0.1, 0.15) is 0 Å². The standard InChI is InChI=1S/C14H9N3S/c15-10-18-14-13(11-6-2-1-3-7-11)16-12-8-4-5-9-17(12)14/h1-9H. The third-order valence-electron chi connectivity index (χ3n) is 2.68. The van der Waals surface area contributed by atoms with Crippen LogP contribution in [0.5, 0.6) is 0 Å². The number of nitriles is 1. The lowest BCUT2D eigenvalue weighted by molar-refractivity contribution is 1.06. The lowest BCUT2D eigenvalue weighted by Crippen LogP contribution is -1.84. The average Bonchev–Trinajstić information content (AvgIpc) is 2.80. The van der Waals surface area contributed by atoms with E-state index < -0.39 is 0 Å². The highest BCUT2D eigenvalue weighted by atomic mass is 32.2. The molecule has 18 heavy (non-hydrogen) atoms. The Morgan fingerprint density at radius 2 is 1.83 bits per heavy atom. The average molecular weight is 251 g/mol. The van der Waals surface area contributed by atoms with Gasteiger partial charge < -0.3 is 0 Å². The molecule has 3 rings (SSSR count). The molecule has 0 fully saturated rings. The van der Waals surface area contributed by atoms with E-state index in [2.05, 4.69) is 10.4 Å². The van der Waals surface area contributed by atoms with Gasteiger partial charge in [-0.2, -0.15) is 5.26 Å². The topological polar surface area (TPSA) is 41.1 Å². The lowest BCUT2D eigenvalue weighted by atomic mass is 10.2. The first-order valence-electron chi connectivity index (χ1n) is 5.48. The van der Waals surface area contributed by atoms with Crippen LogP contribution >= 0.6 is 11.8 Å². The minimum absolute atomic E-state index is 0.855. The first kappa shape index (κ1) is 10.9. The van der Waals surface area contributed by atoms with E-state index in [0.29, 0.717) is 0 Å². The van der Waals surface area contributed by atoms with Gasteiger partial charge in [-0.1, -0.05) is 36.4 Å². The molecular formula is C14H9N3S. The van der Waals surface area contributed by atoms with Crippen LogP contribution in [0, 0.1) is 10.7 Å². The fraction of sp³-hybridized carbons (Fsp3) is 0. The predicted molar refractivity (Wildman–Crippen MR) is 72.1 cm³/mol. The highest BCUT2D eigenvalue weighted by Gasteiger charge is 2.13. The van der Waals surface area contributed by atoms with E-state index in [1.807, 2.05) is 59.1 Å². The number of fused-ring (bicyclic) bond motifs is 1. The molecule has 3 nitrogen and oxygen atoms in total. The zero-order chi connectivity index (χ0) is 12.4. The number of thioether (sulfide) groups is 1. The van der Waals surface area contributed by atoms with Crippen LogP contribution in [-0.2, 0) is 0 Å². The Kier molecular flexibility index (Phi) is 2.75. The summed E-state index contributed by atoms with van der Waals surface area (Å²) in [6.07, 6.45) is 1.93. The Labute approximate surface area is 109 Å². The van der Waals surface area contributed by atoms with Crippen molar-refractivity contribution >= 4 is 17.4 Å². The maximum atomic E-state index is 8.94. The molecule has 0 aliphatic heterocycles. The molecule has 0 aliphatic carbocycles. The van der Waals surface area contributed by atoms with E-state index >= 15 is 0 Å². The van der Waals surface area contributed by atoms with Gasteiger partial charge in [-0.3, -0.25) is 4.40 Å². The molecule has 0 aliphatic rings. The van der Waals surface area contributed by atoms with Crippen LogP contribution in [0.2, 0.25) is 0 Å². The SMILES string of the molecule is N#CSc1c(-c2ccccc2)nc2ccccn12. The molecule has 4 heteroatoms. The number of pyridine rings is 1. The van der Waals surface area contributed by atoms with E-state index in [4.69, 9.17) is 5.26 Å². The number of rotatable bonds is 2. The summed E-state index contributed by atoms with van der Waals surface area (Å²) in [4.78, 5) is 4.59. The Morgan fingerprint density at radius 1 is 1.06 bits per heavy atom. The summed E-state index contributed by atoms with van der Waals surface area (Å²) in [6.45, 7) is 0. The summed E-state index contributed by atoms with van der Waals surface area (Å²) in [5, 5.41) is 11.9. The van der Waals surface area contributed by atoms with E-state index in [1.165, 1.54) is 0 Å². The van der Waals surface area contributed by atoms with Gasteiger partial charge in [0.2, 0.25) is 0 Å². The molecule has 0 radical (unpaired) electrons. The van der Waals surface area contributed by atoms with Crippen molar-refractivity contribution < 1.29 is 0 Å². The number of aromatic nitrogens is 2. The number of hydrogen-bond donors (Lipinski definition) is 0. The van der Waals surface area contributed by atoms with Gasteiger partial charge in [0.25, 0.3) is 0 Å². The van der Waals surface area contributed by atoms with Gasteiger partial charge in [-0.05, 0) is 12.1 Å². The van der Waals surface area contributed by atoms with Crippen molar-refractivity contribution in [3.8, 4) is 16.7 Å². The molecule has 3 aromatic rings. The Hall–Kier alpha value is -2.25. The lowest BCUT2D eigenvalue weighted by Gasteiger charge is -1.99. The third-order valence-corrected chi connectivity index (χ3v) is 3.35. The Bertz CT molecular complexity index is 726. The van der Waals surface area contributed by atoms with Crippen molar-refractivity contribution in [2.45, 2.75) is 5.03 Å². The van der Waals surface area contributed by atoms with Crippen molar-refractivity contribution in [2.75, 3.05) is 0 Å². The summed E-state index contributed by atoms with van der Waals surface area (Å²) in [7, 11) is 0. The Morgan fingerprint density at radius 3 is 2.61 bits per heavy atom. The van der Waals surface area contributed by atoms with Crippen LogP contribution in [0.3, 0.4) is 0 Å². The monoisotopic (exact) mass is 251 g/mol. The molecule has 0 saturated carbocycles. The van der Waals surface area contributed by atoms with E-state index in [0.717, 1.165) is 33.7 Å². The third kappa shape index (κ3) is 1.75. The zero-order valence-corrected chi connectivity index (χ0v) is 10.3. The molecule has 2 aromatic heterocycles. The van der Waals surface area contributed by atoms with E-state index in [9.17, 15) is 0 Å². The molecule has 2 heterocycles. The van der Waals surface area contributed by atoms with Gasteiger partial charge in [0, 0.05) is 23.5 Å². The van der Waals surface area contributed by atoms with Crippen molar-refractivity contribution in [3.05, 3.63) is 54.7 Å². The van der Waals surface area contributed by atoms with Gasteiger partial charge in [-0.25, -0.2) is 4.98 Å². The summed E-state index contributed by atoms with van der Waals surface area (Å²) in [5.74, 6) is 0. The maximum absolute atomic E-state index is 8.94. The molecule has 1 aromatic carbocycles. The van der Waals surface area contributed by atoms with Gasteiger partial charge in [-0.15, -0.1) is 0 Å². The second-order valence-electron chi connectivity index (χ2n) is 3.75. The largest absolute Gasteiger partial charge is 0.293 e. The molecule has 0 amide bonds. The first-order valence-corrected chi connectivity index (χ1v) is 6.30. The van der Waals surface area contributed by atoms with Crippen molar-refractivity contribution in [1.82, 2.24) is 9.38 Å². The highest BCUT2D eigenvalue weighted by Crippen LogP contribution is 2.31. The van der Waals surface area contributed by atoms with Crippen LogP contribution in [0.4, 0.5) is 0 Å². The highest BCUT2D eigenvalue weighted by molar-refractivity contribution is 8.03. The van der Waals surface area contributed by atoms with Crippen LogP contribution in [0.25, 0.3) is 16.9 Å². The number of hydrogen-bond acceptors (Lipinski definition) is 3. The van der Waals surface area contributed by atoms with Crippen LogP contribution < -0.4 is 0 Å². The normalized spacial score (nSPS) is 10.4. The van der Waals surface area contributed by atoms with E-state index in [-0.39, 0.29) is 0 Å². The van der Waals surface area contributed by atoms with Crippen molar-refractivity contribution in [1.29, 1.82) is 5.26 Å². The molecular weight excluding hydrogens is 242 g/mol. The van der Waals surface area contributed by atoms with Crippen molar-refractivity contribution in [3.63, 3.8) is 0 Å². The summed E-state index contributed by atoms with van der Waals surface area (Å²) < 4.78 is 1.94. The summed E-state index contributed by atoms with van der Waals surface area (Å²) in [6, 6.07) is 15.7. The fourth-order valence-corrected chi connectivity index (χ4v) is 2.50. The van der Waals surface area contributed by atoms with Gasteiger partial charge in [0.15, 0.2) is 0 Å². The number of nitrogens with zero attached hydrogens (tertiary/aromatic N) is 3.